The van der Waals surface area contributed by atoms with Gasteiger partial charge in [0.1, 0.15) is 6.29 Å². The fourth-order valence-electron chi connectivity index (χ4n) is 0.983. The van der Waals surface area contributed by atoms with Gasteiger partial charge in [-0.3, -0.25) is 14.4 Å². The van der Waals surface area contributed by atoms with Gasteiger partial charge in [-0.2, -0.15) is 0 Å². The van der Waals surface area contributed by atoms with Crippen molar-refractivity contribution in [1.29, 1.82) is 0 Å². The second kappa shape index (κ2) is 21.4. The smallest absolute Gasteiger partial charge is 0.303 e. The number of aldehydes is 1. The number of carboxylic acid groups (broad SMARTS) is 1. The summed E-state index contributed by atoms with van der Waals surface area (Å²) in [4.78, 5) is 42.3. The monoisotopic (exact) mass is 318 g/mol. The molecule has 130 valence electrons. The Morgan fingerprint density at radius 1 is 0.909 bits per heavy atom. The lowest BCUT2D eigenvalue weighted by atomic mass is 10.3. The van der Waals surface area contributed by atoms with E-state index in [1.807, 2.05) is 13.8 Å². The zero-order valence-corrected chi connectivity index (χ0v) is 14.1. The van der Waals surface area contributed by atoms with Crippen LogP contribution in [0.4, 0.5) is 0 Å². The molecule has 0 spiro atoms. The van der Waals surface area contributed by atoms with Gasteiger partial charge in [-0.15, -0.1) is 0 Å². The van der Waals surface area contributed by atoms with Crippen LogP contribution in [-0.4, -0.2) is 42.3 Å². The zero-order chi connectivity index (χ0) is 17.8. The minimum atomic E-state index is -1.04. The summed E-state index contributed by atoms with van der Waals surface area (Å²) in [6.45, 7) is 8.70. The van der Waals surface area contributed by atoms with E-state index in [-0.39, 0.29) is 44.7 Å². The lowest BCUT2D eigenvalue weighted by molar-refractivity contribution is -0.138. The van der Waals surface area contributed by atoms with Crippen molar-refractivity contribution in [2.45, 2.75) is 59.8 Å². The number of nitrogens with one attached hydrogen (secondary N) is 2. The Morgan fingerprint density at radius 2 is 1.36 bits per heavy atom. The first-order valence-corrected chi connectivity index (χ1v) is 7.66. The number of hydrogen-bond donors (Lipinski definition) is 3. The fraction of sp³-hybridized carbons (Fsp3) is 0.733. The highest BCUT2D eigenvalue weighted by Crippen LogP contribution is 1.88. The normalized spacial score (nSPS) is 8.36. The molecule has 0 atom stereocenters. The molecule has 0 aromatic rings. The van der Waals surface area contributed by atoms with E-state index < -0.39 is 11.9 Å². The molecule has 0 heterocycles. The van der Waals surface area contributed by atoms with Crippen molar-refractivity contribution in [3.63, 3.8) is 0 Å². The maximum Gasteiger partial charge on any atom is 0.303 e. The first-order chi connectivity index (χ1) is 10.5. The van der Waals surface area contributed by atoms with E-state index >= 15 is 0 Å². The maximum absolute atomic E-state index is 11.1. The highest BCUT2D eigenvalue weighted by molar-refractivity contribution is 5.81. The summed E-state index contributed by atoms with van der Waals surface area (Å²) in [7, 11) is 0. The molecule has 0 aromatic heterocycles. The first-order valence-electron chi connectivity index (χ1n) is 7.66. The second-order valence-electron chi connectivity index (χ2n) is 4.01. The van der Waals surface area contributed by atoms with Crippen LogP contribution in [0.2, 0.25) is 0 Å². The molecule has 7 heteroatoms. The standard InChI is InChI=1S/C10H16N2O5.C3H8.C2H6/c13-7-1-5-11-9(15)4-6-12-8(14)2-3-10(16)17;1-3-2;1-2/h7H,1-6H2,(H,11,15)(H,12,14)(H,16,17);3H2,1-2H3;1-2H3. The molecule has 0 aliphatic heterocycles. The van der Waals surface area contributed by atoms with E-state index in [0.29, 0.717) is 6.29 Å². The van der Waals surface area contributed by atoms with Gasteiger partial charge in [-0.05, 0) is 0 Å². The van der Waals surface area contributed by atoms with Crippen LogP contribution in [0.15, 0.2) is 0 Å². The average Bonchev–Trinajstić information content (AvgIpc) is 2.48. The van der Waals surface area contributed by atoms with Gasteiger partial charge in [-0.25, -0.2) is 0 Å². The number of hydrogen-bond acceptors (Lipinski definition) is 4. The first kappa shape index (κ1) is 25.1. The molecule has 0 rings (SSSR count). The van der Waals surface area contributed by atoms with E-state index in [4.69, 9.17) is 5.11 Å². The van der Waals surface area contributed by atoms with Crippen molar-refractivity contribution in [1.82, 2.24) is 10.6 Å². The summed E-state index contributed by atoms with van der Waals surface area (Å²) in [6.07, 6.45) is 2.00. The summed E-state index contributed by atoms with van der Waals surface area (Å²) in [5, 5.41) is 13.2. The van der Waals surface area contributed by atoms with E-state index in [0.717, 1.165) is 0 Å². The molecule has 3 N–H and O–H groups in total. The van der Waals surface area contributed by atoms with Gasteiger partial charge < -0.3 is 20.5 Å². The van der Waals surface area contributed by atoms with Gasteiger partial charge in [0.2, 0.25) is 11.8 Å². The quantitative estimate of drug-likeness (QED) is 0.440. The molecule has 7 nitrogen and oxygen atoms in total. The zero-order valence-electron chi connectivity index (χ0n) is 14.1. The Bertz CT molecular complexity index is 306. The minimum absolute atomic E-state index is 0.0951. The van der Waals surface area contributed by atoms with E-state index in [2.05, 4.69) is 24.5 Å². The molecule has 22 heavy (non-hydrogen) atoms. The third-order valence-corrected chi connectivity index (χ3v) is 1.82. The van der Waals surface area contributed by atoms with Crippen LogP contribution in [0.1, 0.15) is 59.8 Å². The number of amides is 2. The molecular weight excluding hydrogens is 288 g/mol. The number of carboxylic acids is 1. The van der Waals surface area contributed by atoms with Crippen molar-refractivity contribution in [3.05, 3.63) is 0 Å². The minimum Gasteiger partial charge on any atom is -0.481 e. The highest BCUT2D eigenvalue weighted by Gasteiger charge is 2.05. The van der Waals surface area contributed by atoms with Crippen molar-refractivity contribution in [2.75, 3.05) is 13.1 Å². The lowest BCUT2D eigenvalue weighted by Crippen LogP contribution is -2.31. The van der Waals surface area contributed by atoms with Crippen LogP contribution in [0.3, 0.4) is 0 Å². The molecule has 0 aliphatic carbocycles. The van der Waals surface area contributed by atoms with Crippen LogP contribution in [0.5, 0.6) is 0 Å². The van der Waals surface area contributed by atoms with Crippen LogP contribution in [0, 0.1) is 0 Å². The van der Waals surface area contributed by atoms with Crippen LogP contribution in [-0.2, 0) is 19.2 Å². The average molecular weight is 318 g/mol. The molecule has 0 aliphatic rings. The van der Waals surface area contributed by atoms with Crippen molar-refractivity contribution < 1.29 is 24.3 Å². The maximum atomic E-state index is 11.1. The van der Waals surface area contributed by atoms with Gasteiger partial charge in [-0.1, -0.05) is 34.1 Å². The molecule has 0 unspecified atom stereocenters. The topological polar surface area (TPSA) is 113 Å². The molecular formula is C15H30N2O5. The Kier molecular flexibility index (Phi) is 24.4. The van der Waals surface area contributed by atoms with E-state index in [1.165, 1.54) is 6.42 Å². The lowest BCUT2D eigenvalue weighted by Gasteiger charge is -2.04. The molecule has 0 saturated heterocycles. The Morgan fingerprint density at radius 3 is 1.82 bits per heavy atom. The van der Waals surface area contributed by atoms with Gasteiger partial charge in [0.15, 0.2) is 0 Å². The van der Waals surface area contributed by atoms with Gasteiger partial charge >= 0.3 is 5.97 Å². The number of carbonyl (C=O) groups excluding carboxylic acids is 3. The second-order valence-corrected chi connectivity index (χ2v) is 4.01. The Labute approximate surface area is 132 Å². The summed E-state index contributed by atoms with van der Waals surface area (Å²) in [5.41, 5.74) is 0. The highest BCUT2D eigenvalue weighted by atomic mass is 16.4. The van der Waals surface area contributed by atoms with Crippen molar-refractivity contribution >= 4 is 24.1 Å². The molecule has 0 bridgehead atoms. The fourth-order valence-corrected chi connectivity index (χ4v) is 0.983. The van der Waals surface area contributed by atoms with E-state index in [1.54, 1.807) is 0 Å². The van der Waals surface area contributed by atoms with Crippen LogP contribution in [0.25, 0.3) is 0 Å². The Hall–Kier alpha value is -1.92. The summed E-state index contributed by atoms with van der Waals surface area (Å²) in [5.74, 6) is -1.69. The number of carbonyl (C=O) groups is 4. The van der Waals surface area contributed by atoms with E-state index in [9.17, 15) is 19.2 Å². The molecule has 0 saturated carbocycles. The van der Waals surface area contributed by atoms with Gasteiger partial charge in [0.25, 0.3) is 0 Å². The van der Waals surface area contributed by atoms with Gasteiger partial charge in [0, 0.05) is 32.4 Å². The summed E-state index contributed by atoms with van der Waals surface area (Å²) >= 11 is 0. The Balaban J connectivity index is -0.000000637. The number of rotatable bonds is 9. The van der Waals surface area contributed by atoms with Crippen LogP contribution < -0.4 is 10.6 Å². The predicted octanol–water partition coefficient (Wildman–Crippen LogP) is 1.51. The summed E-state index contributed by atoms with van der Waals surface area (Å²) < 4.78 is 0. The number of aliphatic carboxylic acids is 1. The third-order valence-electron chi connectivity index (χ3n) is 1.82. The van der Waals surface area contributed by atoms with Crippen molar-refractivity contribution in [2.24, 2.45) is 0 Å². The predicted molar refractivity (Wildman–Crippen MR) is 85.5 cm³/mol. The molecule has 2 amide bonds. The molecule has 0 radical (unpaired) electrons. The van der Waals surface area contributed by atoms with Crippen molar-refractivity contribution in [3.8, 4) is 0 Å². The SMILES string of the molecule is CC.CCC.O=CCCNC(=O)CCNC(=O)CCC(=O)O. The third kappa shape index (κ3) is 26.6. The molecule has 0 fully saturated rings. The largest absolute Gasteiger partial charge is 0.481 e. The van der Waals surface area contributed by atoms with Crippen LogP contribution >= 0.6 is 0 Å². The van der Waals surface area contributed by atoms with Gasteiger partial charge in [0.05, 0.1) is 6.42 Å². The summed E-state index contributed by atoms with van der Waals surface area (Å²) in [6, 6.07) is 0. The molecule has 0 aromatic carbocycles.